The standard InChI is InChI=1S/C14H19ClN2O2S/c1-17(12-5-6-12)20(18,19)14-8-10(2-7-13(14)15)9-16-11-3-4-11/h2,7-8,11-12,16H,3-6,9H2,1H3. The SMILES string of the molecule is CN(C1CC1)S(=O)(=O)c1cc(CNC2CC2)ccc1Cl. The van der Waals surface area contributed by atoms with Gasteiger partial charge in [0.2, 0.25) is 10.0 Å². The molecule has 1 aromatic carbocycles. The van der Waals surface area contributed by atoms with Crippen LogP contribution in [0.1, 0.15) is 31.2 Å². The summed E-state index contributed by atoms with van der Waals surface area (Å²) in [6.45, 7) is 0.692. The molecule has 20 heavy (non-hydrogen) atoms. The Morgan fingerprint density at radius 1 is 1.30 bits per heavy atom. The van der Waals surface area contributed by atoms with E-state index in [-0.39, 0.29) is 10.9 Å². The maximum atomic E-state index is 12.6. The summed E-state index contributed by atoms with van der Waals surface area (Å²) < 4.78 is 26.6. The predicted molar refractivity (Wildman–Crippen MR) is 79.3 cm³/mol. The van der Waals surface area contributed by atoms with Crippen LogP contribution in [0.25, 0.3) is 0 Å². The smallest absolute Gasteiger partial charge is 0.244 e. The minimum atomic E-state index is -3.48. The van der Waals surface area contributed by atoms with Gasteiger partial charge in [0, 0.05) is 25.7 Å². The zero-order valence-corrected chi connectivity index (χ0v) is 13.0. The van der Waals surface area contributed by atoms with Crippen molar-refractivity contribution in [1.82, 2.24) is 9.62 Å². The van der Waals surface area contributed by atoms with Crippen LogP contribution < -0.4 is 5.32 Å². The summed E-state index contributed by atoms with van der Waals surface area (Å²) >= 11 is 6.10. The van der Waals surface area contributed by atoms with Crippen molar-refractivity contribution in [2.75, 3.05) is 7.05 Å². The van der Waals surface area contributed by atoms with E-state index in [1.165, 1.54) is 17.1 Å². The highest BCUT2D eigenvalue weighted by molar-refractivity contribution is 7.89. The number of nitrogens with one attached hydrogen (secondary N) is 1. The van der Waals surface area contributed by atoms with E-state index in [9.17, 15) is 8.42 Å². The van der Waals surface area contributed by atoms with Gasteiger partial charge in [0.15, 0.2) is 0 Å². The Kier molecular flexibility index (Phi) is 3.79. The minimum absolute atomic E-state index is 0.143. The Labute approximate surface area is 125 Å². The Hall–Kier alpha value is -0.620. The summed E-state index contributed by atoms with van der Waals surface area (Å²) in [6.07, 6.45) is 4.30. The van der Waals surface area contributed by atoms with E-state index in [2.05, 4.69) is 5.32 Å². The molecule has 0 saturated heterocycles. The van der Waals surface area contributed by atoms with Crippen molar-refractivity contribution in [3.63, 3.8) is 0 Å². The van der Waals surface area contributed by atoms with Gasteiger partial charge in [-0.1, -0.05) is 17.7 Å². The van der Waals surface area contributed by atoms with E-state index in [1.807, 2.05) is 6.07 Å². The number of hydrogen-bond acceptors (Lipinski definition) is 3. The molecule has 2 fully saturated rings. The van der Waals surface area contributed by atoms with Crippen LogP contribution in [0.4, 0.5) is 0 Å². The van der Waals surface area contributed by atoms with Gasteiger partial charge in [-0.05, 0) is 43.4 Å². The third-order valence-corrected chi connectivity index (χ3v) is 6.28. The van der Waals surface area contributed by atoms with Gasteiger partial charge in [0.25, 0.3) is 0 Å². The average Bonchev–Trinajstić information content (AvgIpc) is 3.29. The summed E-state index contributed by atoms with van der Waals surface area (Å²) in [4.78, 5) is 0.226. The van der Waals surface area contributed by atoms with Crippen molar-refractivity contribution in [3.05, 3.63) is 28.8 Å². The maximum absolute atomic E-state index is 12.6. The lowest BCUT2D eigenvalue weighted by molar-refractivity contribution is 0.464. The first kappa shape index (κ1) is 14.3. The van der Waals surface area contributed by atoms with Gasteiger partial charge in [-0.2, -0.15) is 4.31 Å². The largest absolute Gasteiger partial charge is 0.310 e. The van der Waals surface area contributed by atoms with Crippen molar-refractivity contribution in [1.29, 1.82) is 0 Å². The maximum Gasteiger partial charge on any atom is 0.244 e. The first-order chi connectivity index (χ1) is 9.48. The van der Waals surface area contributed by atoms with Crippen LogP contribution >= 0.6 is 11.6 Å². The van der Waals surface area contributed by atoms with Crippen molar-refractivity contribution >= 4 is 21.6 Å². The van der Waals surface area contributed by atoms with Crippen molar-refractivity contribution in [2.45, 2.75) is 49.2 Å². The molecule has 2 aliphatic rings. The third-order valence-electron chi connectivity index (χ3n) is 3.89. The molecule has 110 valence electrons. The molecule has 0 heterocycles. The molecular formula is C14H19ClN2O2S. The molecule has 0 bridgehead atoms. The van der Waals surface area contributed by atoms with Gasteiger partial charge >= 0.3 is 0 Å². The number of hydrogen-bond donors (Lipinski definition) is 1. The molecule has 1 aromatic rings. The van der Waals surface area contributed by atoms with E-state index < -0.39 is 10.0 Å². The van der Waals surface area contributed by atoms with Crippen LogP contribution in [0.3, 0.4) is 0 Å². The summed E-state index contributed by atoms with van der Waals surface area (Å²) in [6, 6.07) is 6.00. The molecule has 4 nitrogen and oxygen atoms in total. The highest BCUT2D eigenvalue weighted by Gasteiger charge is 2.36. The average molecular weight is 315 g/mol. The molecule has 0 atom stereocenters. The first-order valence-corrected chi connectivity index (χ1v) is 8.80. The molecule has 0 aliphatic heterocycles. The first-order valence-electron chi connectivity index (χ1n) is 6.98. The molecule has 0 unspecified atom stereocenters. The fourth-order valence-corrected chi connectivity index (χ4v) is 4.13. The van der Waals surface area contributed by atoms with Crippen molar-refractivity contribution in [2.24, 2.45) is 0 Å². The molecule has 0 spiro atoms. The van der Waals surface area contributed by atoms with Gasteiger partial charge in [0.05, 0.1) is 5.02 Å². The minimum Gasteiger partial charge on any atom is -0.310 e. The second-order valence-electron chi connectivity index (χ2n) is 5.67. The van der Waals surface area contributed by atoms with Gasteiger partial charge in [-0.3, -0.25) is 0 Å². The van der Waals surface area contributed by atoms with E-state index in [1.54, 1.807) is 19.2 Å². The van der Waals surface area contributed by atoms with E-state index in [0.717, 1.165) is 18.4 Å². The topological polar surface area (TPSA) is 49.4 Å². The van der Waals surface area contributed by atoms with Gasteiger partial charge in [-0.15, -0.1) is 0 Å². The lowest BCUT2D eigenvalue weighted by Crippen LogP contribution is -2.29. The second kappa shape index (κ2) is 5.30. The second-order valence-corrected chi connectivity index (χ2v) is 8.05. The highest BCUT2D eigenvalue weighted by Crippen LogP contribution is 2.33. The fourth-order valence-electron chi connectivity index (χ4n) is 2.19. The van der Waals surface area contributed by atoms with Crippen LogP contribution in [0.5, 0.6) is 0 Å². The normalized spacial score (nSPS) is 19.6. The Bertz CT molecular complexity index is 610. The molecular weight excluding hydrogens is 296 g/mol. The number of rotatable bonds is 6. The zero-order valence-electron chi connectivity index (χ0n) is 11.5. The molecule has 0 aromatic heterocycles. The van der Waals surface area contributed by atoms with Crippen LogP contribution in [0.15, 0.2) is 23.1 Å². The van der Waals surface area contributed by atoms with Crippen molar-refractivity contribution < 1.29 is 8.42 Å². The van der Waals surface area contributed by atoms with Crippen molar-refractivity contribution in [3.8, 4) is 0 Å². The number of halogens is 1. The number of nitrogens with zero attached hydrogens (tertiary/aromatic N) is 1. The summed E-state index contributed by atoms with van der Waals surface area (Å²) in [5.74, 6) is 0. The molecule has 1 N–H and O–H groups in total. The Morgan fingerprint density at radius 3 is 2.60 bits per heavy atom. The number of sulfonamides is 1. The van der Waals surface area contributed by atoms with Crippen LogP contribution in [0, 0.1) is 0 Å². The van der Waals surface area contributed by atoms with E-state index in [4.69, 9.17) is 11.6 Å². The molecule has 2 saturated carbocycles. The Balaban J connectivity index is 1.84. The van der Waals surface area contributed by atoms with Gasteiger partial charge in [-0.25, -0.2) is 8.42 Å². The van der Waals surface area contributed by atoms with E-state index in [0.29, 0.717) is 17.6 Å². The highest BCUT2D eigenvalue weighted by atomic mass is 35.5. The lowest BCUT2D eigenvalue weighted by atomic mass is 10.2. The van der Waals surface area contributed by atoms with Crippen LogP contribution in [-0.4, -0.2) is 31.9 Å². The van der Waals surface area contributed by atoms with Gasteiger partial charge in [0.1, 0.15) is 4.90 Å². The Morgan fingerprint density at radius 2 is 2.00 bits per heavy atom. The predicted octanol–water partition coefficient (Wildman–Crippen LogP) is 2.37. The van der Waals surface area contributed by atoms with Gasteiger partial charge < -0.3 is 5.32 Å². The summed E-state index contributed by atoms with van der Waals surface area (Å²) in [5, 5.41) is 3.68. The monoisotopic (exact) mass is 314 g/mol. The van der Waals surface area contributed by atoms with Crippen LogP contribution in [0.2, 0.25) is 5.02 Å². The zero-order chi connectivity index (χ0) is 14.3. The quantitative estimate of drug-likeness (QED) is 0.877. The lowest BCUT2D eigenvalue weighted by Gasteiger charge is -2.18. The molecule has 2 aliphatic carbocycles. The summed E-state index contributed by atoms with van der Waals surface area (Å²) in [5.41, 5.74) is 0.962. The fraction of sp³-hybridized carbons (Fsp3) is 0.571. The molecule has 0 amide bonds. The molecule has 6 heteroatoms. The molecule has 3 rings (SSSR count). The third kappa shape index (κ3) is 3.01. The summed E-state index contributed by atoms with van der Waals surface area (Å²) in [7, 11) is -1.84. The molecule has 0 radical (unpaired) electrons. The van der Waals surface area contributed by atoms with Crippen LogP contribution in [-0.2, 0) is 16.6 Å². The van der Waals surface area contributed by atoms with E-state index >= 15 is 0 Å². The number of benzene rings is 1.